The van der Waals surface area contributed by atoms with Gasteiger partial charge in [-0.25, -0.2) is 15.0 Å². The van der Waals surface area contributed by atoms with Crippen LogP contribution in [-0.2, 0) is 9.16 Å². The predicted molar refractivity (Wildman–Crippen MR) is 76.1 cm³/mol. The zero-order chi connectivity index (χ0) is 14.3. The molecule has 4 atom stereocenters. The standard InChI is InChI=1S/C11H13IN4O4/c12-1-5-7-10(14-3-13-5)16(4-15-7)11-9(19)8(18)6(2-17)20-11/h3-4,6,8-9,11,17-19H,1-2H2/t6-,8-,9-,11-/m1/s1. The van der Waals surface area contributed by atoms with Gasteiger partial charge in [0.1, 0.15) is 30.2 Å². The highest BCUT2D eigenvalue weighted by Gasteiger charge is 2.43. The summed E-state index contributed by atoms with van der Waals surface area (Å²) in [6.07, 6.45) is -1.02. The van der Waals surface area contributed by atoms with Crippen LogP contribution in [0, 0.1) is 0 Å². The van der Waals surface area contributed by atoms with E-state index in [2.05, 4.69) is 37.5 Å². The highest BCUT2D eigenvalue weighted by Crippen LogP contribution is 2.31. The normalized spacial score (nSPS) is 30.2. The molecule has 0 amide bonds. The molecule has 1 aliphatic rings. The third kappa shape index (κ3) is 2.09. The predicted octanol–water partition coefficient (Wildman–Crippen LogP) is -0.627. The molecule has 2 aromatic heterocycles. The Morgan fingerprint density at radius 2 is 2.05 bits per heavy atom. The molecule has 0 aliphatic carbocycles. The van der Waals surface area contributed by atoms with Gasteiger partial charge in [0.15, 0.2) is 11.9 Å². The van der Waals surface area contributed by atoms with Gasteiger partial charge >= 0.3 is 0 Å². The molecule has 3 heterocycles. The van der Waals surface area contributed by atoms with Crippen molar-refractivity contribution in [2.75, 3.05) is 6.61 Å². The van der Waals surface area contributed by atoms with Crippen LogP contribution in [0.4, 0.5) is 0 Å². The molecule has 1 aliphatic heterocycles. The molecule has 0 spiro atoms. The monoisotopic (exact) mass is 392 g/mol. The van der Waals surface area contributed by atoms with E-state index in [-0.39, 0.29) is 6.61 Å². The van der Waals surface area contributed by atoms with E-state index in [1.54, 1.807) is 4.57 Å². The lowest BCUT2D eigenvalue weighted by molar-refractivity contribution is -0.0511. The molecule has 3 rings (SSSR count). The summed E-state index contributed by atoms with van der Waals surface area (Å²) >= 11 is 2.18. The number of fused-ring (bicyclic) bond motifs is 1. The van der Waals surface area contributed by atoms with E-state index in [0.717, 1.165) is 5.69 Å². The Morgan fingerprint density at radius 3 is 2.70 bits per heavy atom. The number of hydrogen-bond acceptors (Lipinski definition) is 7. The molecule has 0 aromatic carbocycles. The molecule has 8 nitrogen and oxygen atoms in total. The van der Waals surface area contributed by atoms with Gasteiger partial charge in [-0.3, -0.25) is 4.57 Å². The molecular weight excluding hydrogens is 379 g/mol. The molecule has 1 fully saturated rings. The summed E-state index contributed by atoms with van der Waals surface area (Å²) in [6, 6.07) is 0. The van der Waals surface area contributed by atoms with Crippen molar-refractivity contribution in [1.82, 2.24) is 19.5 Å². The lowest BCUT2D eigenvalue weighted by atomic mass is 10.1. The number of aliphatic hydroxyl groups excluding tert-OH is 3. The van der Waals surface area contributed by atoms with Crippen LogP contribution < -0.4 is 0 Å². The van der Waals surface area contributed by atoms with Crippen LogP contribution >= 0.6 is 22.6 Å². The van der Waals surface area contributed by atoms with E-state index in [1.807, 2.05) is 0 Å². The second-order valence-corrected chi connectivity index (χ2v) is 5.27. The van der Waals surface area contributed by atoms with Gasteiger partial charge in [0.25, 0.3) is 0 Å². The third-order valence-electron chi connectivity index (χ3n) is 3.35. The van der Waals surface area contributed by atoms with Crippen molar-refractivity contribution in [3.8, 4) is 0 Å². The van der Waals surface area contributed by atoms with Crippen LogP contribution in [0.1, 0.15) is 11.9 Å². The van der Waals surface area contributed by atoms with E-state index >= 15 is 0 Å². The molecule has 0 unspecified atom stereocenters. The first kappa shape index (κ1) is 14.1. The van der Waals surface area contributed by atoms with Gasteiger partial charge in [-0.05, 0) is 0 Å². The van der Waals surface area contributed by atoms with Crippen LogP contribution in [0.25, 0.3) is 11.2 Å². The largest absolute Gasteiger partial charge is 0.394 e. The molecule has 20 heavy (non-hydrogen) atoms. The van der Waals surface area contributed by atoms with Crippen molar-refractivity contribution in [2.45, 2.75) is 29.0 Å². The highest BCUT2D eigenvalue weighted by molar-refractivity contribution is 14.1. The molecule has 9 heteroatoms. The van der Waals surface area contributed by atoms with Crippen LogP contribution in [-0.4, -0.2) is 59.8 Å². The van der Waals surface area contributed by atoms with Crippen LogP contribution in [0.5, 0.6) is 0 Å². The number of nitrogens with zero attached hydrogens (tertiary/aromatic N) is 4. The first-order chi connectivity index (χ1) is 9.67. The van der Waals surface area contributed by atoms with Crippen molar-refractivity contribution >= 4 is 33.8 Å². The second kappa shape index (κ2) is 5.48. The molecular formula is C11H13IN4O4. The van der Waals surface area contributed by atoms with Gasteiger partial charge in [-0.1, -0.05) is 22.6 Å². The number of ether oxygens (including phenoxy) is 1. The molecule has 1 saturated heterocycles. The Morgan fingerprint density at radius 1 is 1.25 bits per heavy atom. The van der Waals surface area contributed by atoms with Gasteiger partial charge in [-0.15, -0.1) is 0 Å². The minimum absolute atomic E-state index is 0.366. The maximum absolute atomic E-state index is 10.0. The highest BCUT2D eigenvalue weighted by atomic mass is 127. The fourth-order valence-electron chi connectivity index (χ4n) is 2.29. The molecule has 0 bridgehead atoms. The first-order valence-electron chi connectivity index (χ1n) is 6.02. The van der Waals surface area contributed by atoms with Crippen LogP contribution in [0.2, 0.25) is 0 Å². The van der Waals surface area contributed by atoms with Crippen molar-refractivity contribution in [1.29, 1.82) is 0 Å². The maximum atomic E-state index is 10.0. The van der Waals surface area contributed by atoms with E-state index in [1.165, 1.54) is 12.7 Å². The van der Waals surface area contributed by atoms with E-state index in [4.69, 9.17) is 9.84 Å². The van der Waals surface area contributed by atoms with Crippen molar-refractivity contribution < 1.29 is 20.1 Å². The summed E-state index contributed by atoms with van der Waals surface area (Å²) < 4.78 is 7.71. The summed E-state index contributed by atoms with van der Waals surface area (Å²) in [7, 11) is 0. The fraction of sp³-hybridized carbons (Fsp3) is 0.545. The SMILES string of the molecule is OC[C@H]1O[C@@H](n2cnc3c(CI)ncnc32)[C@H](O)[C@@H]1O. The smallest absolute Gasteiger partial charge is 0.165 e. The maximum Gasteiger partial charge on any atom is 0.165 e. The Hall–Kier alpha value is -0.880. The molecule has 0 saturated carbocycles. The summed E-state index contributed by atoms with van der Waals surface area (Å²) in [4.78, 5) is 12.5. The second-order valence-electron chi connectivity index (χ2n) is 4.51. The minimum atomic E-state index is -1.15. The molecule has 2 aromatic rings. The van der Waals surface area contributed by atoms with Crippen molar-refractivity contribution in [3.05, 3.63) is 18.3 Å². The van der Waals surface area contributed by atoms with E-state index in [9.17, 15) is 10.2 Å². The summed E-state index contributed by atoms with van der Waals surface area (Å²) in [5.74, 6) is 0. The van der Waals surface area contributed by atoms with Gasteiger partial charge in [0.05, 0.1) is 18.6 Å². The van der Waals surface area contributed by atoms with Crippen LogP contribution in [0.3, 0.4) is 0 Å². The van der Waals surface area contributed by atoms with Gasteiger partial charge < -0.3 is 20.1 Å². The number of rotatable bonds is 3. The zero-order valence-electron chi connectivity index (χ0n) is 10.3. The fourth-order valence-corrected chi connectivity index (χ4v) is 2.85. The average Bonchev–Trinajstić information content (AvgIpc) is 3.01. The first-order valence-corrected chi connectivity index (χ1v) is 7.54. The third-order valence-corrected chi connectivity index (χ3v) is 4.07. The number of alkyl halides is 1. The molecule has 3 N–H and O–H groups in total. The summed E-state index contributed by atoms with van der Waals surface area (Å²) in [5.41, 5.74) is 1.96. The van der Waals surface area contributed by atoms with E-state index < -0.39 is 24.5 Å². The lowest BCUT2D eigenvalue weighted by Gasteiger charge is -2.16. The van der Waals surface area contributed by atoms with Crippen molar-refractivity contribution in [2.24, 2.45) is 0 Å². The van der Waals surface area contributed by atoms with Gasteiger partial charge in [-0.2, -0.15) is 0 Å². The Bertz CT molecular complexity index is 621. The van der Waals surface area contributed by atoms with E-state index in [0.29, 0.717) is 15.6 Å². The van der Waals surface area contributed by atoms with Gasteiger partial charge in [0, 0.05) is 4.43 Å². The molecule has 0 radical (unpaired) electrons. The Labute approximate surface area is 127 Å². The van der Waals surface area contributed by atoms with Gasteiger partial charge in [0.2, 0.25) is 0 Å². The topological polar surface area (TPSA) is 114 Å². The number of imidazole rings is 1. The summed E-state index contributed by atoms with van der Waals surface area (Å²) in [5, 5.41) is 29.0. The average molecular weight is 392 g/mol. The Balaban J connectivity index is 2.03. The zero-order valence-corrected chi connectivity index (χ0v) is 12.5. The quantitative estimate of drug-likeness (QED) is 0.471. The molecule has 108 valence electrons. The minimum Gasteiger partial charge on any atom is -0.394 e. The number of hydrogen-bond donors (Lipinski definition) is 3. The number of aromatic nitrogens is 4. The number of aliphatic hydroxyl groups is 3. The number of halogens is 1. The van der Waals surface area contributed by atoms with Crippen LogP contribution in [0.15, 0.2) is 12.7 Å². The van der Waals surface area contributed by atoms with Crippen molar-refractivity contribution in [3.63, 3.8) is 0 Å². The Kier molecular flexibility index (Phi) is 3.86. The lowest BCUT2D eigenvalue weighted by Crippen LogP contribution is -2.33. The summed E-state index contributed by atoms with van der Waals surface area (Å²) in [6.45, 7) is -0.366.